The molecule has 0 aliphatic rings. The predicted molar refractivity (Wildman–Crippen MR) is 101 cm³/mol. The smallest absolute Gasteiger partial charge is 0.270 e. The van der Waals surface area contributed by atoms with E-state index in [-0.39, 0.29) is 5.91 Å². The van der Waals surface area contributed by atoms with Gasteiger partial charge in [0, 0.05) is 6.54 Å². The van der Waals surface area contributed by atoms with Crippen molar-refractivity contribution in [2.75, 3.05) is 5.32 Å². The van der Waals surface area contributed by atoms with Crippen molar-refractivity contribution in [3.8, 4) is 0 Å². The maximum absolute atomic E-state index is 12.2. The molecule has 4 nitrogen and oxygen atoms in total. The van der Waals surface area contributed by atoms with Crippen molar-refractivity contribution in [1.82, 2.24) is 10.3 Å². The van der Waals surface area contributed by atoms with E-state index in [0.29, 0.717) is 17.3 Å². The highest BCUT2D eigenvalue weighted by Gasteiger charge is 2.07. The van der Waals surface area contributed by atoms with Crippen molar-refractivity contribution < 1.29 is 4.79 Å². The Hall–Kier alpha value is -2.85. The van der Waals surface area contributed by atoms with Gasteiger partial charge in [-0.2, -0.15) is 0 Å². The van der Waals surface area contributed by atoms with Crippen LogP contribution in [-0.4, -0.2) is 10.9 Å². The van der Waals surface area contributed by atoms with E-state index < -0.39 is 0 Å². The Morgan fingerprint density at radius 1 is 1.04 bits per heavy atom. The molecular formula is C20H18ClN3O. The van der Waals surface area contributed by atoms with Crippen LogP contribution in [0.4, 0.5) is 11.4 Å². The summed E-state index contributed by atoms with van der Waals surface area (Å²) in [6.45, 7) is 2.50. The third kappa shape index (κ3) is 4.58. The summed E-state index contributed by atoms with van der Waals surface area (Å²) in [6.07, 6.45) is 1.62. The first kappa shape index (κ1) is 17.0. The molecule has 1 amide bonds. The normalized spacial score (nSPS) is 10.3. The maximum atomic E-state index is 12.2. The number of aromatic nitrogens is 1. The van der Waals surface area contributed by atoms with Crippen molar-refractivity contribution in [2.24, 2.45) is 0 Å². The van der Waals surface area contributed by atoms with Crippen LogP contribution in [0.2, 0.25) is 5.02 Å². The lowest BCUT2D eigenvalue weighted by atomic mass is 10.1. The van der Waals surface area contributed by atoms with E-state index in [9.17, 15) is 4.79 Å². The predicted octanol–water partition coefficient (Wildman–Crippen LogP) is 4.72. The van der Waals surface area contributed by atoms with Gasteiger partial charge >= 0.3 is 0 Å². The maximum Gasteiger partial charge on any atom is 0.270 e. The van der Waals surface area contributed by atoms with Crippen molar-refractivity contribution in [3.05, 3.63) is 88.7 Å². The number of carbonyl (C=O) groups is 1. The van der Waals surface area contributed by atoms with Crippen molar-refractivity contribution in [1.29, 1.82) is 0 Å². The fourth-order valence-corrected chi connectivity index (χ4v) is 2.48. The lowest BCUT2D eigenvalue weighted by molar-refractivity contribution is 0.0946. The van der Waals surface area contributed by atoms with Crippen LogP contribution in [-0.2, 0) is 6.54 Å². The number of rotatable bonds is 5. The van der Waals surface area contributed by atoms with Gasteiger partial charge in [0.1, 0.15) is 5.69 Å². The average Bonchev–Trinajstić information content (AvgIpc) is 2.63. The molecule has 3 rings (SSSR count). The quantitative estimate of drug-likeness (QED) is 0.699. The van der Waals surface area contributed by atoms with E-state index >= 15 is 0 Å². The van der Waals surface area contributed by atoms with Crippen LogP contribution in [0.3, 0.4) is 0 Å². The van der Waals surface area contributed by atoms with E-state index in [0.717, 1.165) is 16.9 Å². The van der Waals surface area contributed by atoms with Crippen molar-refractivity contribution >= 4 is 28.9 Å². The fraction of sp³-hybridized carbons (Fsp3) is 0.100. The van der Waals surface area contributed by atoms with E-state index in [2.05, 4.69) is 15.6 Å². The zero-order valence-corrected chi connectivity index (χ0v) is 14.5. The van der Waals surface area contributed by atoms with Gasteiger partial charge in [-0.1, -0.05) is 53.6 Å². The number of anilines is 2. The first-order valence-electron chi connectivity index (χ1n) is 7.93. The minimum Gasteiger partial charge on any atom is -0.353 e. The van der Waals surface area contributed by atoms with Crippen LogP contribution in [0.5, 0.6) is 0 Å². The molecule has 126 valence electrons. The summed E-state index contributed by atoms with van der Waals surface area (Å²) in [5.41, 5.74) is 4.18. The Kier molecular flexibility index (Phi) is 5.31. The Labute approximate surface area is 151 Å². The second kappa shape index (κ2) is 7.81. The number of nitrogens with one attached hydrogen (secondary N) is 2. The lowest BCUT2D eigenvalue weighted by Gasteiger charge is -2.09. The van der Waals surface area contributed by atoms with Gasteiger partial charge < -0.3 is 10.6 Å². The van der Waals surface area contributed by atoms with Gasteiger partial charge in [-0.25, -0.2) is 4.98 Å². The zero-order valence-electron chi connectivity index (χ0n) is 13.8. The van der Waals surface area contributed by atoms with E-state index in [1.165, 1.54) is 5.56 Å². The Morgan fingerprint density at radius 2 is 1.80 bits per heavy atom. The molecule has 0 radical (unpaired) electrons. The number of nitrogens with zero attached hydrogens (tertiary/aromatic N) is 1. The molecule has 3 aromatic rings. The average molecular weight is 352 g/mol. The molecule has 25 heavy (non-hydrogen) atoms. The molecule has 0 aliphatic carbocycles. The largest absolute Gasteiger partial charge is 0.353 e. The molecule has 0 unspecified atom stereocenters. The number of aryl methyl sites for hydroxylation is 1. The monoisotopic (exact) mass is 351 g/mol. The first-order valence-corrected chi connectivity index (χ1v) is 8.31. The number of hydrogen-bond acceptors (Lipinski definition) is 3. The molecule has 0 bridgehead atoms. The molecule has 1 heterocycles. The highest BCUT2D eigenvalue weighted by Crippen LogP contribution is 2.24. The third-order valence-corrected chi connectivity index (χ3v) is 4.05. The highest BCUT2D eigenvalue weighted by molar-refractivity contribution is 6.33. The molecule has 0 atom stereocenters. The Morgan fingerprint density at radius 3 is 2.48 bits per heavy atom. The minimum atomic E-state index is -0.204. The van der Waals surface area contributed by atoms with Gasteiger partial charge in [0.15, 0.2) is 0 Å². The SMILES string of the molecule is Cc1ccc(CNC(=O)c2ccc(Nc3ccccc3Cl)cn2)cc1. The van der Waals surface area contributed by atoms with E-state index in [1.54, 1.807) is 18.3 Å². The molecule has 0 saturated heterocycles. The van der Waals surface area contributed by atoms with E-state index in [4.69, 9.17) is 11.6 Å². The summed E-state index contributed by atoms with van der Waals surface area (Å²) in [5.74, 6) is -0.204. The minimum absolute atomic E-state index is 0.204. The molecular weight excluding hydrogens is 334 g/mol. The van der Waals surface area contributed by atoms with Gasteiger partial charge in [0.2, 0.25) is 0 Å². The third-order valence-electron chi connectivity index (χ3n) is 3.72. The van der Waals surface area contributed by atoms with E-state index in [1.807, 2.05) is 55.5 Å². The van der Waals surface area contributed by atoms with Crippen LogP contribution in [0.1, 0.15) is 21.6 Å². The second-order valence-electron chi connectivity index (χ2n) is 5.71. The van der Waals surface area contributed by atoms with Crippen molar-refractivity contribution in [2.45, 2.75) is 13.5 Å². The van der Waals surface area contributed by atoms with Crippen molar-refractivity contribution in [3.63, 3.8) is 0 Å². The van der Waals surface area contributed by atoms with Gasteiger partial charge in [0.25, 0.3) is 5.91 Å². The number of pyridine rings is 1. The standard InChI is InChI=1S/C20H18ClN3O/c1-14-6-8-15(9-7-14)12-23-20(25)19-11-10-16(13-22-19)24-18-5-3-2-4-17(18)21/h2-11,13,24H,12H2,1H3,(H,23,25). The second-order valence-corrected chi connectivity index (χ2v) is 6.11. The van der Waals surface area contributed by atoms with Gasteiger partial charge in [-0.05, 0) is 36.8 Å². The van der Waals surface area contributed by atoms with Crippen LogP contribution >= 0.6 is 11.6 Å². The molecule has 0 saturated carbocycles. The topological polar surface area (TPSA) is 54.0 Å². The zero-order chi connectivity index (χ0) is 17.6. The number of para-hydroxylation sites is 1. The van der Waals surface area contributed by atoms with Crippen LogP contribution in [0, 0.1) is 6.92 Å². The van der Waals surface area contributed by atoms with Gasteiger partial charge in [0.05, 0.1) is 22.6 Å². The summed E-state index contributed by atoms with van der Waals surface area (Å²) >= 11 is 6.12. The first-order chi connectivity index (χ1) is 12.1. The number of benzene rings is 2. The molecule has 1 aromatic heterocycles. The lowest BCUT2D eigenvalue weighted by Crippen LogP contribution is -2.23. The molecule has 2 aromatic carbocycles. The molecule has 2 N–H and O–H groups in total. The Bertz CT molecular complexity index is 861. The van der Waals surface area contributed by atoms with Gasteiger partial charge in [-0.15, -0.1) is 0 Å². The molecule has 0 spiro atoms. The summed E-state index contributed by atoms with van der Waals surface area (Å²) in [5, 5.41) is 6.67. The summed E-state index contributed by atoms with van der Waals surface area (Å²) in [7, 11) is 0. The van der Waals surface area contributed by atoms with Crippen LogP contribution < -0.4 is 10.6 Å². The molecule has 0 fully saturated rings. The molecule has 5 heteroatoms. The molecule has 0 aliphatic heterocycles. The summed E-state index contributed by atoms with van der Waals surface area (Å²) in [6, 6.07) is 19.0. The number of halogens is 1. The summed E-state index contributed by atoms with van der Waals surface area (Å²) in [4.78, 5) is 16.4. The van der Waals surface area contributed by atoms with Crippen LogP contribution in [0.15, 0.2) is 66.9 Å². The Balaban J connectivity index is 1.60. The van der Waals surface area contributed by atoms with Crippen LogP contribution in [0.25, 0.3) is 0 Å². The summed E-state index contributed by atoms with van der Waals surface area (Å²) < 4.78 is 0. The number of hydrogen-bond donors (Lipinski definition) is 2. The van der Waals surface area contributed by atoms with Gasteiger partial charge in [-0.3, -0.25) is 4.79 Å². The highest BCUT2D eigenvalue weighted by atomic mass is 35.5. The number of carbonyl (C=O) groups excluding carboxylic acids is 1. The fourth-order valence-electron chi connectivity index (χ4n) is 2.30. The number of amides is 1.